The van der Waals surface area contributed by atoms with Gasteiger partial charge in [-0.1, -0.05) is 11.6 Å². The Morgan fingerprint density at radius 2 is 1.44 bits per heavy atom. The number of halogens is 1. The van der Waals surface area contributed by atoms with Crippen molar-refractivity contribution in [2.45, 2.75) is 16.2 Å². The van der Waals surface area contributed by atoms with Gasteiger partial charge >= 0.3 is 0 Å². The maximum Gasteiger partial charge on any atom is 0.238 e. The number of hydrogen-bond donors (Lipinski definition) is 2. The quantitative estimate of drug-likeness (QED) is 0.762. The Balaban J connectivity index is 1.97. The molecular weight excluding hydrogens is 388 g/mol. The Hall–Kier alpha value is -1.94. The molecule has 0 aliphatic rings. The van der Waals surface area contributed by atoms with Crippen molar-refractivity contribution in [1.82, 2.24) is 0 Å². The lowest BCUT2D eigenvalue weighted by Crippen LogP contribution is -2.17. The molecule has 0 radical (unpaired) electrons. The molecule has 0 atom stereocenters. The van der Waals surface area contributed by atoms with Crippen molar-refractivity contribution in [3.05, 3.63) is 53.6 Å². The van der Waals surface area contributed by atoms with E-state index in [0.717, 1.165) is 0 Å². The van der Waals surface area contributed by atoms with Gasteiger partial charge in [-0.3, -0.25) is 4.79 Å². The van der Waals surface area contributed by atoms with Gasteiger partial charge in [0.05, 0.1) is 15.5 Å². The highest BCUT2D eigenvalue weighted by atomic mass is 35.5. The summed E-state index contributed by atoms with van der Waals surface area (Å²) in [5.74, 6) is -0.878. The van der Waals surface area contributed by atoms with E-state index in [4.69, 9.17) is 16.7 Å². The van der Waals surface area contributed by atoms with Gasteiger partial charge in [0, 0.05) is 17.1 Å². The highest BCUT2D eigenvalue weighted by Crippen LogP contribution is 2.17. The van der Waals surface area contributed by atoms with Gasteiger partial charge in [-0.2, -0.15) is 0 Å². The van der Waals surface area contributed by atoms with Crippen LogP contribution in [0.1, 0.15) is 6.42 Å². The predicted molar refractivity (Wildman–Crippen MR) is 94.6 cm³/mol. The van der Waals surface area contributed by atoms with Crippen LogP contribution in [0.2, 0.25) is 5.02 Å². The molecule has 134 valence electrons. The normalized spacial score (nSPS) is 11.9. The van der Waals surface area contributed by atoms with Gasteiger partial charge in [-0.15, -0.1) is 0 Å². The topological polar surface area (TPSA) is 123 Å². The number of anilines is 1. The molecule has 0 bridgehead atoms. The molecule has 2 aromatic rings. The SMILES string of the molecule is NS(=O)(=O)c1ccc(NC(=O)CCS(=O)(=O)c2ccc(Cl)cc2)cc1. The predicted octanol–water partition coefficient (Wildman–Crippen LogP) is 1.79. The lowest BCUT2D eigenvalue weighted by molar-refractivity contribution is -0.115. The largest absolute Gasteiger partial charge is 0.326 e. The molecule has 2 aromatic carbocycles. The van der Waals surface area contributed by atoms with Crippen molar-refractivity contribution in [3.63, 3.8) is 0 Å². The zero-order chi connectivity index (χ0) is 18.7. The summed E-state index contributed by atoms with van der Waals surface area (Å²) in [4.78, 5) is 11.9. The van der Waals surface area contributed by atoms with Gasteiger partial charge in [0.25, 0.3) is 0 Å². The number of carbonyl (C=O) groups excluding carboxylic acids is 1. The maximum absolute atomic E-state index is 12.2. The van der Waals surface area contributed by atoms with E-state index in [2.05, 4.69) is 5.32 Å². The van der Waals surface area contributed by atoms with Crippen molar-refractivity contribution in [1.29, 1.82) is 0 Å². The molecule has 0 unspecified atom stereocenters. The summed E-state index contributed by atoms with van der Waals surface area (Å²) in [6, 6.07) is 10.9. The number of carbonyl (C=O) groups is 1. The van der Waals surface area contributed by atoms with E-state index in [1.54, 1.807) is 0 Å². The van der Waals surface area contributed by atoms with Gasteiger partial charge in [0.2, 0.25) is 15.9 Å². The first-order valence-electron chi connectivity index (χ1n) is 6.99. The number of sulfone groups is 1. The third-order valence-corrected chi connectivity index (χ3v) is 6.15. The van der Waals surface area contributed by atoms with Crippen LogP contribution in [0.25, 0.3) is 0 Å². The van der Waals surface area contributed by atoms with E-state index in [9.17, 15) is 21.6 Å². The Kier molecular flexibility index (Phi) is 5.83. The van der Waals surface area contributed by atoms with E-state index in [1.165, 1.54) is 48.5 Å². The Morgan fingerprint density at radius 1 is 0.920 bits per heavy atom. The average Bonchev–Trinajstić information content (AvgIpc) is 2.53. The molecule has 0 saturated carbocycles. The van der Waals surface area contributed by atoms with E-state index in [1.807, 2.05) is 0 Å². The second-order valence-corrected chi connectivity index (χ2v) is 9.25. The van der Waals surface area contributed by atoms with E-state index < -0.39 is 25.8 Å². The van der Waals surface area contributed by atoms with Gasteiger partial charge in [-0.25, -0.2) is 22.0 Å². The first-order chi connectivity index (χ1) is 11.6. The minimum absolute atomic E-state index is 0.0854. The summed E-state index contributed by atoms with van der Waals surface area (Å²) in [5, 5.41) is 7.89. The lowest BCUT2D eigenvalue weighted by atomic mass is 10.3. The number of benzene rings is 2. The third-order valence-electron chi connectivity index (χ3n) is 3.24. The van der Waals surface area contributed by atoms with Crippen LogP contribution in [0.4, 0.5) is 5.69 Å². The van der Waals surface area contributed by atoms with Gasteiger partial charge < -0.3 is 5.32 Å². The van der Waals surface area contributed by atoms with Crippen molar-refractivity contribution in [3.8, 4) is 0 Å². The van der Waals surface area contributed by atoms with E-state index in [-0.39, 0.29) is 22.0 Å². The number of nitrogens with two attached hydrogens (primary N) is 1. The first-order valence-corrected chi connectivity index (χ1v) is 10.6. The van der Waals surface area contributed by atoms with E-state index >= 15 is 0 Å². The maximum atomic E-state index is 12.2. The smallest absolute Gasteiger partial charge is 0.238 e. The van der Waals surface area contributed by atoms with Crippen LogP contribution in [0.5, 0.6) is 0 Å². The van der Waals surface area contributed by atoms with Crippen LogP contribution in [0, 0.1) is 0 Å². The summed E-state index contributed by atoms with van der Waals surface area (Å²) in [6.07, 6.45) is -0.248. The van der Waals surface area contributed by atoms with Crippen molar-refractivity contribution in [2.75, 3.05) is 11.1 Å². The Morgan fingerprint density at radius 3 is 1.96 bits per heavy atom. The van der Waals surface area contributed by atoms with Crippen molar-refractivity contribution < 1.29 is 21.6 Å². The van der Waals surface area contributed by atoms with Gasteiger partial charge in [-0.05, 0) is 48.5 Å². The molecule has 3 N–H and O–H groups in total. The fourth-order valence-corrected chi connectivity index (χ4v) is 3.82. The molecule has 0 spiro atoms. The summed E-state index contributed by atoms with van der Waals surface area (Å²) in [5.41, 5.74) is 0.335. The molecule has 10 heteroatoms. The number of sulfonamides is 1. The molecule has 0 heterocycles. The number of hydrogen-bond acceptors (Lipinski definition) is 5. The molecule has 0 fully saturated rings. The standard InChI is InChI=1S/C15H15ClN2O5S2/c16-11-1-5-13(6-2-11)24(20,21)10-9-15(19)18-12-3-7-14(8-4-12)25(17,22)23/h1-8H,9-10H2,(H,18,19)(H2,17,22,23). The molecule has 0 aliphatic heterocycles. The van der Waals surface area contributed by atoms with Crippen LogP contribution in [0.3, 0.4) is 0 Å². The summed E-state index contributed by atoms with van der Waals surface area (Å²) >= 11 is 5.71. The van der Waals surface area contributed by atoms with Crippen molar-refractivity contribution >= 4 is 43.1 Å². The zero-order valence-corrected chi connectivity index (χ0v) is 15.2. The molecule has 7 nitrogen and oxygen atoms in total. The monoisotopic (exact) mass is 402 g/mol. The van der Waals surface area contributed by atoms with Crippen LogP contribution in [0.15, 0.2) is 58.3 Å². The molecule has 2 rings (SSSR count). The average molecular weight is 403 g/mol. The fourth-order valence-electron chi connectivity index (χ4n) is 1.94. The van der Waals surface area contributed by atoms with Gasteiger partial charge in [0.15, 0.2) is 9.84 Å². The second kappa shape index (κ2) is 7.52. The van der Waals surface area contributed by atoms with Crippen molar-refractivity contribution in [2.24, 2.45) is 5.14 Å². The highest BCUT2D eigenvalue weighted by molar-refractivity contribution is 7.91. The van der Waals surface area contributed by atoms with Gasteiger partial charge in [0.1, 0.15) is 0 Å². The Bertz CT molecular complexity index is 970. The van der Waals surface area contributed by atoms with Crippen LogP contribution < -0.4 is 10.5 Å². The highest BCUT2D eigenvalue weighted by Gasteiger charge is 2.16. The number of amides is 1. The van der Waals surface area contributed by atoms with Crippen LogP contribution >= 0.6 is 11.6 Å². The summed E-state index contributed by atoms with van der Waals surface area (Å²) < 4.78 is 46.6. The molecule has 1 amide bonds. The molecule has 0 saturated heterocycles. The van der Waals surface area contributed by atoms with Crippen LogP contribution in [-0.4, -0.2) is 28.5 Å². The summed E-state index contributed by atoms with van der Waals surface area (Å²) in [7, 11) is -7.42. The first kappa shape index (κ1) is 19.4. The number of rotatable bonds is 6. The molecule has 0 aromatic heterocycles. The van der Waals surface area contributed by atoms with Crippen LogP contribution in [-0.2, 0) is 24.7 Å². The Labute approximate surface area is 150 Å². The molecular formula is C15H15ClN2O5S2. The number of nitrogens with one attached hydrogen (secondary N) is 1. The molecule has 0 aliphatic carbocycles. The fraction of sp³-hybridized carbons (Fsp3) is 0.133. The minimum Gasteiger partial charge on any atom is -0.326 e. The summed E-state index contributed by atoms with van der Waals surface area (Å²) in [6.45, 7) is 0. The number of primary sulfonamides is 1. The lowest BCUT2D eigenvalue weighted by Gasteiger charge is -2.07. The minimum atomic E-state index is -3.81. The van der Waals surface area contributed by atoms with E-state index in [0.29, 0.717) is 10.7 Å². The third kappa shape index (κ3) is 5.53. The molecule has 25 heavy (non-hydrogen) atoms. The zero-order valence-electron chi connectivity index (χ0n) is 12.8. The second-order valence-electron chi connectivity index (χ2n) is 5.14.